The normalized spacial score (nSPS) is 22.1. The van der Waals surface area contributed by atoms with Crippen molar-refractivity contribution in [3.05, 3.63) is 95.3 Å². The first-order valence-corrected chi connectivity index (χ1v) is 9.00. The fourth-order valence-corrected chi connectivity index (χ4v) is 4.10. The van der Waals surface area contributed by atoms with Crippen molar-refractivity contribution < 1.29 is 13.2 Å². The van der Waals surface area contributed by atoms with E-state index < -0.39 is 11.6 Å². The van der Waals surface area contributed by atoms with Gasteiger partial charge in [-0.15, -0.1) is 0 Å². The van der Waals surface area contributed by atoms with Gasteiger partial charge in [0.2, 0.25) is 0 Å². The summed E-state index contributed by atoms with van der Waals surface area (Å²) in [6.45, 7) is 3.74. The zero-order valence-corrected chi connectivity index (χ0v) is 15.0. The molecule has 0 amide bonds. The van der Waals surface area contributed by atoms with Gasteiger partial charge < -0.3 is 5.32 Å². The van der Waals surface area contributed by atoms with E-state index in [0.29, 0.717) is 5.56 Å². The van der Waals surface area contributed by atoms with Gasteiger partial charge in [0.15, 0.2) is 0 Å². The predicted octanol–water partition coefficient (Wildman–Crippen LogP) is 5.42. The highest BCUT2D eigenvalue weighted by atomic mass is 19.1. The topological polar surface area (TPSA) is 12.0 Å². The molecule has 138 valence electrons. The minimum absolute atomic E-state index is 0.00473. The van der Waals surface area contributed by atoms with Crippen LogP contribution < -0.4 is 5.32 Å². The van der Waals surface area contributed by atoms with Crippen LogP contribution in [0.15, 0.2) is 66.7 Å². The Morgan fingerprint density at radius 2 is 1.48 bits per heavy atom. The third-order valence-corrected chi connectivity index (χ3v) is 5.68. The lowest BCUT2D eigenvalue weighted by atomic mass is 9.71. The Hall–Kier alpha value is -2.59. The van der Waals surface area contributed by atoms with Gasteiger partial charge in [0.05, 0.1) is 5.56 Å². The molecule has 0 aliphatic carbocycles. The SMILES string of the molecule is C[C@@]1(c2ccc(F)cc2)CNC[C@@H]1c1ccc(-c2c(F)cccc2F)cc1. The summed E-state index contributed by atoms with van der Waals surface area (Å²) in [5, 5.41) is 3.43. The summed E-state index contributed by atoms with van der Waals surface area (Å²) >= 11 is 0. The van der Waals surface area contributed by atoms with Gasteiger partial charge >= 0.3 is 0 Å². The molecule has 1 heterocycles. The van der Waals surface area contributed by atoms with Crippen LogP contribution in [0.4, 0.5) is 13.2 Å². The number of benzene rings is 3. The first kappa shape index (κ1) is 17.8. The lowest BCUT2D eigenvalue weighted by molar-refractivity contribution is 0.464. The molecule has 1 fully saturated rings. The maximum atomic E-state index is 14.0. The molecular formula is C23H20F3N. The molecule has 3 aromatic rings. The number of hydrogen-bond donors (Lipinski definition) is 1. The van der Waals surface area contributed by atoms with Gasteiger partial charge in [-0.1, -0.05) is 49.4 Å². The molecule has 0 bridgehead atoms. The van der Waals surface area contributed by atoms with E-state index in [9.17, 15) is 13.2 Å². The van der Waals surface area contributed by atoms with E-state index in [0.717, 1.165) is 24.2 Å². The molecule has 0 saturated carbocycles. The van der Waals surface area contributed by atoms with Crippen molar-refractivity contribution in [2.75, 3.05) is 13.1 Å². The number of hydrogen-bond acceptors (Lipinski definition) is 1. The quantitative estimate of drug-likeness (QED) is 0.652. The molecule has 4 rings (SSSR count). The second-order valence-corrected chi connectivity index (χ2v) is 7.33. The Kier molecular flexibility index (Phi) is 4.52. The Morgan fingerprint density at radius 1 is 0.852 bits per heavy atom. The predicted molar refractivity (Wildman–Crippen MR) is 101 cm³/mol. The Labute approximate surface area is 156 Å². The summed E-state index contributed by atoms with van der Waals surface area (Å²) in [6.07, 6.45) is 0. The summed E-state index contributed by atoms with van der Waals surface area (Å²) in [7, 11) is 0. The van der Waals surface area contributed by atoms with Crippen molar-refractivity contribution >= 4 is 0 Å². The molecule has 27 heavy (non-hydrogen) atoms. The first-order valence-electron chi connectivity index (χ1n) is 9.00. The van der Waals surface area contributed by atoms with E-state index in [2.05, 4.69) is 12.2 Å². The minimum Gasteiger partial charge on any atom is -0.315 e. The van der Waals surface area contributed by atoms with Crippen LogP contribution in [0, 0.1) is 17.5 Å². The second kappa shape index (κ2) is 6.86. The molecule has 0 radical (unpaired) electrons. The molecular weight excluding hydrogens is 347 g/mol. The monoisotopic (exact) mass is 367 g/mol. The smallest absolute Gasteiger partial charge is 0.133 e. The highest BCUT2D eigenvalue weighted by molar-refractivity contribution is 5.65. The lowest BCUT2D eigenvalue weighted by Gasteiger charge is -2.31. The Balaban J connectivity index is 1.68. The Morgan fingerprint density at radius 3 is 2.11 bits per heavy atom. The maximum absolute atomic E-state index is 14.0. The third kappa shape index (κ3) is 3.15. The molecule has 4 heteroatoms. The molecule has 0 aromatic heterocycles. The van der Waals surface area contributed by atoms with Gasteiger partial charge in [0.25, 0.3) is 0 Å². The average Bonchev–Trinajstić information content (AvgIpc) is 3.05. The van der Waals surface area contributed by atoms with E-state index in [-0.39, 0.29) is 22.7 Å². The van der Waals surface area contributed by atoms with Crippen LogP contribution in [0.1, 0.15) is 24.0 Å². The van der Waals surface area contributed by atoms with Crippen molar-refractivity contribution in [1.29, 1.82) is 0 Å². The zero-order valence-electron chi connectivity index (χ0n) is 15.0. The van der Waals surface area contributed by atoms with Crippen molar-refractivity contribution in [3.63, 3.8) is 0 Å². The van der Waals surface area contributed by atoms with E-state index in [1.807, 2.05) is 24.3 Å². The second-order valence-electron chi connectivity index (χ2n) is 7.33. The molecule has 1 nitrogen and oxygen atoms in total. The van der Waals surface area contributed by atoms with Crippen LogP contribution in [0.2, 0.25) is 0 Å². The number of nitrogens with one attached hydrogen (secondary N) is 1. The highest BCUT2D eigenvalue weighted by Crippen LogP contribution is 2.42. The van der Waals surface area contributed by atoms with Crippen LogP contribution in [-0.2, 0) is 5.41 Å². The molecule has 0 unspecified atom stereocenters. The Bertz CT molecular complexity index is 930. The van der Waals surface area contributed by atoms with Crippen LogP contribution in [-0.4, -0.2) is 13.1 Å². The van der Waals surface area contributed by atoms with Gasteiger partial charge in [-0.05, 0) is 41.0 Å². The van der Waals surface area contributed by atoms with Crippen LogP contribution in [0.25, 0.3) is 11.1 Å². The first-order chi connectivity index (χ1) is 13.0. The van der Waals surface area contributed by atoms with Crippen molar-refractivity contribution in [1.82, 2.24) is 5.32 Å². The summed E-state index contributed by atoms with van der Waals surface area (Å²) in [4.78, 5) is 0. The third-order valence-electron chi connectivity index (χ3n) is 5.68. The molecule has 1 saturated heterocycles. The maximum Gasteiger partial charge on any atom is 0.133 e. The summed E-state index contributed by atoms with van der Waals surface area (Å²) < 4.78 is 41.4. The summed E-state index contributed by atoms with van der Waals surface area (Å²) in [6, 6.07) is 17.9. The average molecular weight is 367 g/mol. The fourth-order valence-electron chi connectivity index (χ4n) is 4.10. The summed E-state index contributed by atoms with van der Waals surface area (Å²) in [5.74, 6) is -1.20. The molecule has 1 aliphatic rings. The van der Waals surface area contributed by atoms with Crippen molar-refractivity contribution in [3.8, 4) is 11.1 Å². The molecule has 3 aromatic carbocycles. The van der Waals surface area contributed by atoms with Crippen molar-refractivity contribution in [2.45, 2.75) is 18.3 Å². The standard InChI is InChI=1S/C23H20F3N/c1-23(17-9-11-18(24)12-10-17)14-27-13-19(23)15-5-7-16(8-6-15)22-20(25)3-2-4-21(22)26/h2-12,19,27H,13-14H2,1H3/t19-,23+/m1/s1. The lowest BCUT2D eigenvalue weighted by Crippen LogP contribution is -2.30. The molecule has 1 N–H and O–H groups in total. The largest absolute Gasteiger partial charge is 0.315 e. The van der Waals surface area contributed by atoms with Gasteiger partial charge in [-0.25, -0.2) is 13.2 Å². The van der Waals surface area contributed by atoms with E-state index >= 15 is 0 Å². The van der Waals surface area contributed by atoms with E-state index in [4.69, 9.17) is 0 Å². The fraction of sp³-hybridized carbons (Fsp3) is 0.217. The van der Waals surface area contributed by atoms with Gasteiger partial charge in [0, 0.05) is 24.4 Å². The van der Waals surface area contributed by atoms with E-state index in [1.54, 1.807) is 12.1 Å². The number of halogens is 3. The molecule has 0 spiro atoms. The summed E-state index contributed by atoms with van der Waals surface area (Å²) in [5.41, 5.74) is 2.49. The van der Waals surface area contributed by atoms with Crippen LogP contribution >= 0.6 is 0 Å². The van der Waals surface area contributed by atoms with Gasteiger partial charge in [0.1, 0.15) is 17.5 Å². The van der Waals surface area contributed by atoms with Crippen LogP contribution in [0.3, 0.4) is 0 Å². The molecule has 1 aliphatic heterocycles. The molecule has 2 atom stereocenters. The zero-order chi connectivity index (χ0) is 19.0. The highest BCUT2D eigenvalue weighted by Gasteiger charge is 2.41. The van der Waals surface area contributed by atoms with E-state index in [1.165, 1.54) is 30.3 Å². The van der Waals surface area contributed by atoms with Gasteiger partial charge in [-0.2, -0.15) is 0 Å². The minimum atomic E-state index is -0.568. The van der Waals surface area contributed by atoms with Gasteiger partial charge in [-0.3, -0.25) is 0 Å². The number of rotatable bonds is 3. The van der Waals surface area contributed by atoms with Crippen LogP contribution in [0.5, 0.6) is 0 Å². The van der Waals surface area contributed by atoms with Crippen molar-refractivity contribution in [2.24, 2.45) is 0 Å².